The van der Waals surface area contributed by atoms with Crippen LogP contribution in [0.2, 0.25) is 0 Å². The van der Waals surface area contributed by atoms with Crippen molar-refractivity contribution in [1.29, 1.82) is 0 Å². The van der Waals surface area contributed by atoms with E-state index in [2.05, 4.69) is 49.5 Å². The number of likely N-dealkylation sites (tertiary alicyclic amines) is 1. The lowest BCUT2D eigenvalue weighted by Gasteiger charge is -2.29. The summed E-state index contributed by atoms with van der Waals surface area (Å²) in [5.74, 6) is -1.94. The molecule has 35 heavy (non-hydrogen) atoms. The molecule has 4 N–H and O–H groups in total. The van der Waals surface area contributed by atoms with Gasteiger partial charge in [0.2, 0.25) is 0 Å². The second-order valence-corrected chi connectivity index (χ2v) is 8.22. The highest BCUT2D eigenvalue weighted by Crippen LogP contribution is 2.26. The molecule has 1 aliphatic rings. The average Bonchev–Trinajstić information content (AvgIpc) is 3.24. The fraction of sp³-hybridized carbons (Fsp3) is 0.304. The molecule has 184 valence electrons. The molecule has 0 spiro atoms. The zero-order valence-electron chi connectivity index (χ0n) is 18.6. The maximum absolute atomic E-state index is 10.6. The van der Waals surface area contributed by atoms with Crippen LogP contribution in [0.3, 0.4) is 0 Å². The second-order valence-electron chi connectivity index (χ2n) is 8.22. The van der Waals surface area contributed by atoms with Crippen molar-refractivity contribution in [2.45, 2.75) is 31.6 Å². The highest BCUT2D eigenvalue weighted by molar-refractivity contribution is 5.86. The topological polar surface area (TPSA) is 122 Å². The van der Waals surface area contributed by atoms with E-state index in [0.29, 0.717) is 6.04 Å². The van der Waals surface area contributed by atoms with Gasteiger partial charge in [0.15, 0.2) is 5.82 Å². The van der Waals surface area contributed by atoms with Crippen molar-refractivity contribution in [3.63, 3.8) is 0 Å². The van der Waals surface area contributed by atoms with Gasteiger partial charge in [0, 0.05) is 42.3 Å². The molecule has 4 heterocycles. The van der Waals surface area contributed by atoms with E-state index in [9.17, 15) is 13.2 Å². The number of rotatable bonds is 4. The number of benzene rings is 1. The monoisotopic (exact) mass is 487 g/mol. The quantitative estimate of drug-likeness (QED) is 0.399. The van der Waals surface area contributed by atoms with Crippen molar-refractivity contribution in [1.82, 2.24) is 24.5 Å². The van der Waals surface area contributed by atoms with Crippen LogP contribution in [0, 0.1) is 0 Å². The number of hydrogen-bond acceptors (Lipinski definition) is 7. The van der Waals surface area contributed by atoms with Crippen LogP contribution in [-0.4, -0.2) is 60.9 Å². The Morgan fingerprint density at radius 1 is 1.17 bits per heavy atom. The summed E-state index contributed by atoms with van der Waals surface area (Å²) in [4.78, 5) is 20.1. The Morgan fingerprint density at radius 3 is 2.63 bits per heavy atom. The van der Waals surface area contributed by atoms with Gasteiger partial charge in [-0.25, -0.2) is 14.3 Å². The number of anilines is 2. The number of nitrogens with zero attached hydrogens (tertiary/aromatic N) is 5. The van der Waals surface area contributed by atoms with E-state index in [-0.39, 0.29) is 0 Å². The standard InChI is InChI=1S/C21H23N7.C2HF3O2/c22-18-5-8-27(9-6-18)13-17-4-10-28-20(17)21(24-14-25-28)26-19-2-1-16-12-23-7-3-15(16)11-19;3-2(4,5)1(6)7/h1-4,7,10-12,14,18H,5-6,8-9,13,22H2,(H,24,25,26);(H,6,7). The zero-order valence-corrected chi connectivity index (χ0v) is 18.6. The number of carboxylic acid groups (broad SMARTS) is 1. The van der Waals surface area contributed by atoms with E-state index in [1.54, 1.807) is 6.33 Å². The number of nitrogens with one attached hydrogen (secondary N) is 1. The molecular formula is C23H24F3N7O2. The molecule has 9 nitrogen and oxygen atoms in total. The van der Waals surface area contributed by atoms with Crippen LogP contribution < -0.4 is 11.1 Å². The molecule has 0 bridgehead atoms. The van der Waals surface area contributed by atoms with Crippen molar-refractivity contribution < 1.29 is 23.1 Å². The molecule has 0 amide bonds. The molecule has 0 unspecified atom stereocenters. The summed E-state index contributed by atoms with van der Waals surface area (Å²) in [7, 11) is 0. The van der Waals surface area contributed by atoms with Gasteiger partial charge in [-0.3, -0.25) is 9.88 Å². The summed E-state index contributed by atoms with van der Waals surface area (Å²) in [5.41, 5.74) is 9.29. The highest BCUT2D eigenvalue weighted by Gasteiger charge is 2.38. The third-order valence-corrected chi connectivity index (χ3v) is 5.71. The number of halogens is 3. The lowest BCUT2D eigenvalue weighted by atomic mass is 10.1. The summed E-state index contributed by atoms with van der Waals surface area (Å²) >= 11 is 0. The molecule has 4 aromatic rings. The minimum atomic E-state index is -5.08. The Balaban J connectivity index is 0.000000364. The first-order valence-electron chi connectivity index (χ1n) is 10.9. The number of carbonyl (C=O) groups is 1. The Morgan fingerprint density at radius 2 is 1.91 bits per heavy atom. The minimum Gasteiger partial charge on any atom is -0.475 e. The van der Waals surface area contributed by atoms with Gasteiger partial charge >= 0.3 is 12.1 Å². The maximum Gasteiger partial charge on any atom is 0.490 e. The number of hydrogen-bond donors (Lipinski definition) is 3. The lowest BCUT2D eigenvalue weighted by Crippen LogP contribution is -2.39. The predicted octanol–water partition coefficient (Wildman–Crippen LogP) is 3.58. The third kappa shape index (κ3) is 6.03. The number of carboxylic acids is 1. The van der Waals surface area contributed by atoms with Crippen molar-refractivity contribution in [2.75, 3.05) is 18.4 Å². The molecule has 0 saturated carbocycles. The van der Waals surface area contributed by atoms with Gasteiger partial charge < -0.3 is 16.2 Å². The largest absolute Gasteiger partial charge is 0.490 e. The SMILES string of the molecule is NC1CCN(Cc2ccn3ncnc(Nc4ccc5cnccc5c4)c23)CC1.O=C(O)C(F)(F)F. The van der Waals surface area contributed by atoms with Crippen molar-refractivity contribution in [2.24, 2.45) is 5.73 Å². The van der Waals surface area contributed by atoms with Crippen molar-refractivity contribution >= 4 is 33.8 Å². The summed E-state index contributed by atoms with van der Waals surface area (Å²) in [6.45, 7) is 2.95. The molecule has 1 aliphatic heterocycles. The van der Waals surface area contributed by atoms with Crippen LogP contribution >= 0.6 is 0 Å². The molecule has 1 saturated heterocycles. The van der Waals surface area contributed by atoms with Crippen LogP contribution in [0.25, 0.3) is 16.3 Å². The molecule has 3 aromatic heterocycles. The van der Waals surface area contributed by atoms with Crippen LogP contribution in [-0.2, 0) is 11.3 Å². The third-order valence-electron chi connectivity index (χ3n) is 5.71. The van der Waals surface area contributed by atoms with Gasteiger partial charge in [-0.1, -0.05) is 6.07 Å². The number of aromatic nitrogens is 4. The number of fused-ring (bicyclic) bond motifs is 2. The fourth-order valence-corrected chi connectivity index (χ4v) is 3.89. The van der Waals surface area contributed by atoms with Gasteiger partial charge in [-0.15, -0.1) is 0 Å². The van der Waals surface area contributed by atoms with Crippen molar-refractivity contribution in [3.8, 4) is 0 Å². The summed E-state index contributed by atoms with van der Waals surface area (Å²) in [6, 6.07) is 10.7. The Kier molecular flexibility index (Phi) is 7.12. The number of aliphatic carboxylic acids is 1. The fourth-order valence-electron chi connectivity index (χ4n) is 3.89. The summed E-state index contributed by atoms with van der Waals surface area (Å²) < 4.78 is 33.6. The van der Waals surface area contributed by atoms with Gasteiger partial charge in [0.05, 0.1) is 0 Å². The van der Waals surface area contributed by atoms with Crippen LogP contribution in [0.15, 0.2) is 55.2 Å². The molecule has 0 aliphatic carbocycles. The molecular weight excluding hydrogens is 463 g/mol. The van der Waals surface area contributed by atoms with E-state index < -0.39 is 12.1 Å². The van der Waals surface area contributed by atoms with E-state index in [0.717, 1.165) is 60.3 Å². The van der Waals surface area contributed by atoms with Gasteiger partial charge in [-0.05, 0) is 61.1 Å². The van der Waals surface area contributed by atoms with E-state index >= 15 is 0 Å². The maximum atomic E-state index is 10.6. The van der Waals surface area contributed by atoms with Crippen molar-refractivity contribution in [3.05, 3.63) is 60.8 Å². The first-order valence-corrected chi connectivity index (χ1v) is 10.9. The highest BCUT2D eigenvalue weighted by atomic mass is 19.4. The Bertz CT molecular complexity index is 1320. The Labute approximate surface area is 198 Å². The average molecular weight is 487 g/mol. The predicted molar refractivity (Wildman–Crippen MR) is 124 cm³/mol. The number of alkyl halides is 3. The van der Waals surface area contributed by atoms with Crippen LogP contribution in [0.1, 0.15) is 18.4 Å². The van der Waals surface area contributed by atoms with Gasteiger partial charge in [0.1, 0.15) is 11.8 Å². The van der Waals surface area contributed by atoms with Crippen LogP contribution in [0.5, 0.6) is 0 Å². The molecule has 0 atom stereocenters. The second kappa shape index (κ2) is 10.2. The zero-order chi connectivity index (χ0) is 25.0. The Hall–Kier alpha value is -3.77. The van der Waals surface area contributed by atoms with E-state index in [1.807, 2.05) is 29.2 Å². The summed E-state index contributed by atoms with van der Waals surface area (Å²) in [5, 5.41) is 17.2. The first kappa shape index (κ1) is 24.4. The normalized spacial score (nSPS) is 15.1. The number of nitrogens with two attached hydrogens (primary N) is 1. The first-order chi connectivity index (χ1) is 16.7. The summed E-state index contributed by atoms with van der Waals surface area (Å²) in [6.07, 6.45) is 4.30. The molecule has 5 rings (SSSR count). The molecule has 1 fully saturated rings. The number of pyridine rings is 1. The lowest BCUT2D eigenvalue weighted by molar-refractivity contribution is -0.192. The molecule has 0 radical (unpaired) electrons. The van der Waals surface area contributed by atoms with E-state index in [4.69, 9.17) is 15.6 Å². The smallest absolute Gasteiger partial charge is 0.475 e. The minimum absolute atomic E-state index is 0.339. The molecule has 12 heteroatoms. The van der Waals surface area contributed by atoms with E-state index in [1.165, 1.54) is 5.56 Å². The van der Waals surface area contributed by atoms with Gasteiger partial charge in [0.25, 0.3) is 0 Å². The molecule has 1 aromatic carbocycles. The van der Waals surface area contributed by atoms with Crippen LogP contribution in [0.4, 0.5) is 24.7 Å². The van der Waals surface area contributed by atoms with Gasteiger partial charge in [-0.2, -0.15) is 18.3 Å². The number of piperidine rings is 1.